The summed E-state index contributed by atoms with van der Waals surface area (Å²) in [5, 5.41) is 0. The molecule has 0 amide bonds. The van der Waals surface area contributed by atoms with E-state index in [0.717, 1.165) is 6.54 Å². The van der Waals surface area contributed by atoms with Gasteiger partial charge in [-0.15, -0.1) is 12.8 Å². The Hall–Kier alpha value is -1.79. The first-order chi connectivity index (χ1) is 7.59. The van der Waals surface area contributed by atoms with Gasteiger partial charge in [-0.3, -0.25) is 4.79 Å². The average molecular weight is 218 g/mol. The van der Waals surface area contributed by atoms with E-state index in [2.05, 4.69) is 12.8 Å². The smallest absolute Gasteiger partial charge is 0.164 e. The lowest BCUT2D eigenvalue weighted by Crippen LogP contribution is -2.16. The molecule has 0 saturated carbocycles. The summed E-state index contributed by atoms with van der Waals surface area (Å²) in [5.74, 6) is 0.144. The number of ketones is 1. The summed E-state index contributed by atoms with van der Waals surface area (Å²) in [5.41, 5.74) is 6.93. The number of rotatable bonds is 4. The number of benzene rings is 1. The van der Waals surface area contributed by atoms with E-state index in [1.165, 1.54) is 0 Å². The number of anilines is 1. The summed E-state index contributed by atoms with van der Waals surface area (Å²) in [7, 11) is 3.90. The molecule has 0 spiro atoms. The van der Waals surface area contributed by atoms with E-state index in [1.807, 2.05) is 19.0 Å². The zero-order valence-corrected chi connectivity index (χ0v) is 9.81. The molecular weight excluding hydrogens is 200 g/mol. The van der Waals surface area contributed by atoms with Crippen molar-refractivity contribution in [3.8, 4) is 12.8 Å². The van der Waals surface area contributed by atoms with Crippen molar-refractivity contribution in [3.63, 3.8) is 0 Å². The second-order valence-corrected chi connectivity index (χ2v) is 3.60. The molecule has 3 nitrogen and oxygen atoms in total. The molecular formula is C13H18N2O. The van der Waals surface area contributed by atoms with Gasteiger partial charge in [0.05, 0.1) is 0 Å². The number of Topliss-reactive ketones (excluding diaryl/α,β-unsaturated/α-hetero) is 1. The largest absolute Gasteiger partial charge is 0.399 e. The highest BCUT2D eigenvalue weighted by atomic mass is 16.1. The molecule has 3 heteroatoms. The summed E-state index contributed by atoms with van der Waals surface area (Å²) < 4.78 is 0. The molecule has 16 heavy (non-hydrogen) atoms. The fourth-order valence-electron chi connectivity index (χ4n) is 1.18. The van der Waals surface area contributed by atoms with E-state index in [0.29, 0.717) is 17.7 Å². The average Bonchev–Trinajstić information content (AvgIpc) is 2.28. The summed E-state index contributed by atoms with van der Waals surface area (Å²) >= 11 is 0. The summed E-state index contributed by atoms with van der Waals surface area (Å²) in [6.07, 6.45) is 8.54. The van der Waals surface area contributed by atoms with Crippen LogP contribution in [0.15, 0.2) is 24.3 Å². The van der Waals surface area contributed by atoms with Gasteiger partial charge in [0.25, 0.3) is 0 Å². The first kappa shape index (κ1) is 14.2. The second-order valence-electron chi connectivity index (χ2n) is 3.60. The molecule has 0 aliphatic carbocycles. The fraction of sp³-hybridized carbons (Fsp3) is 0.308. The quantitative estimate of drug-likeness (QED) is 0.475. The Kier molecular flexibility index (Phi) is 6.66. The Bertz CT molecular complexity index is 356. The zero-order chi connectivity index (χ0) is 12.6. The van der Waals surface area contributed by atoms with E-state index in [4.69, 9.17) is 5.73 Å². The van der Waals surface area contributed by atoms with Gasteiger partial charge >= 0.3 is 0 Å². The molecule has 0 bridgehead atoms. The van der Waals surface area contributed by atoms with Crippen LogP contribution in [0, 0.1) is 12.8 Å². The van der Waals surface area contributed by atoms with Crippen LogP contribution in [-0.2, 0) is 0 Å². The molecule has 0 aliphatic rings. The third-order valence-corrected chi connectivity index (χ3v) is 1.99. The van der Waals surface area contributed by atoms with Gasteiger partial charge in [-0.25, -0.2) is 0 Å². The maximum Gasteiger partial charge on any atom is 0.164 e. The monoisotopic (exact) mass is 218 g/mol. The van der Waals surface area contributed by atoms with Gasteiger partial charge in [0.1, 0.15) is 0 Å². The van der Waals surface area contributed by atoms with E-state index >= 15 is 0 Å². The molecule has 1 aromatic carbocycles. The van der Waals surface area contributed by atoms with Crippen LogP contribution in [0.4, 0.5) is 5.69 Å². The van der Waals surface area contributed by atoms with Gasteiger partial charge in [-0.2, -0.15) is 0 Å². The number of terminal acetylenes is 1. The minimum absolute atomic E-state index is 0.144. The molecule has 0 unspecified atom stereocenters. The molecule has 2 N–H and O–H groups in total. The van der Waals surface area contributed by atoms with Crippen molar-refractivity contribution in [3.05, 3.63) is 29.8 Å². The fourth-order valence-corrected chi connectivity index (χ4v) is 1.18. The van der Waals surface area contributed by atoms with Crippen molar-refractivity contribution in [1.82, 2.24) is 4.90 Å². The number of nitrogens with zero attached hydrogens (tertiary/aromatic N) is 1. The Balaban J connectivity index is 0.00000106. The molecule has 0 saturated heterocycles. The molecule has 1 rings (SSSR count). The lowest BCUT2D eigenvalue weighted by molar-refractivity contribution is 0.0972. The highest BCUT2D eigenvalue weighted by molar-refractivity contribution is 5.96. The SMILES string of the molecule is C#C.CN(C)CCC(=O)c1cccc(N)c1. The summed E-state index contributed by atoms with van der Waals surface area (Å²) in [4.78, 5) is 13.6. The number of carbonyl (C=O) groups is 1. The van der Waals surface area contributed by atoms with Crippen LogP contribution >= 0.6 is 0 Å². The standard InChI is InChI=1S/C11H16N2O.C2H2/c1-13(2)7-6-11(14)9-4-3-5-10(12)8-9;1-2/h3-5,8H,6-7,12H2,1-2H3;1-2H. The number of hydrogen-bond acceptors (Lipinski definition) is 3. The summed E-state index contributed by atoms with van der Waals surface area (Å²) in [6, 6.07) is 7.10. The van der Waals surface area contributed by atoms with Crippen LogP contribution < -0.4 is 5.73 Å². The maximum atomic E-state index is 11.6. The highest BCUT2D eigenvalue weighted by Gasteiger charge is 2.05. The number of nitrogens with two attached hydrogens (primary N) is 1. The van der Waals surface area contributed by atoms with E-state index in [1.54, 1.807) is 24.3 Å². The number of nitrogen functional groups attached to an aromatic ring is 1. The van der Waals surface area contributed by atoms with Crippen molar-refractivity contribution in [2.45, 2.75) is 6.42 Å². The van der Waals surface area contributed by atoms with Gasteiger partial charge in [0, 0.05) is 24.2 Å². The molecule has 1 aromatic rings. The number of carbonyl (C=O) groups excluding carboxylic acids is 1. The van der Waals surface area contributed by atoms with E-state index in [-0.39, 0.29) is 5.78 Å². The zero-order valence-electron chi connectivity index (χ0n) is 9.81. The van der Waals surface area contributed by atoms with Gasteiger partial charge in [-0.05, 0) is 26.2 Å². The van der Waals surface area contributed by atoms with E-state index < -0.39 is 0 Å². The van der Waals surface area contributed by atoms with Crippen LogP contribution in [-0.4, -0.2) is 31.3 Å². The van der Waals surface area contributed by atoms with Crippen LogP contribution in [0.5, 0.6) is 0 Å². The predicted octanol–water partition coefficient (Wildman–Crippen LogP) is 1.65. The molecule has 0 radical (unpaired) electrons. The van der Waals surface area contributed by atoms with Crippen molar-refractivity contribution in [2.24, 2.45) is 0 Å². The lowest BCUT2D eigenvalue weighted by atomic mass is 10.1. The van der Waals surface area contributed by atoms with Gasteiger partial charge in [-0.1, -0.05) is 12.1 Å². The lowest BCUT2D eigenvalue weighted by Gasteiger charge is -2.08. The molecule has 0 aromatic heterocycles. The Morgan fingerprint density at radius 1 is 1.38 bits per heavy atom. The van der Waals surface area contributed by atoms with Crippen molar-refractivity contribution in [2.75, 3.05) is 26.4 Å². The highest BCUT2D eigenvalue weighted by Crippen LogP contribution is 2.08. The molecule has 0 heterocycles. The van der Waals surface area contributed by atoms with Crippen LogP contribution in [0.1, 0.15) is 16.8 Å². The molecule has 86 valence electrons. The maximum absolute atomic E-state index is 11.6. The minimum atomic E-state index is 0.144. The van der Waals surface area contributed by atoms with Crippen LogP contribution in [0.25, 0.3) is 0 Å². The van der Waals surface area contributed by atoms with Crippen molar-refractivity contribution < 1.29 is 4.79 Å². The minimum Gasteiger partial charge on any atom is -0.399 e. The van der Waals surface area contributed by atoms with Gasteiger partial charge in [0.15, 0.2) is 5.78 Å². The molecule has 0 atom stereocenters. The third kappa shape index (κ3) is 5.18. The normalized spacial score (nSPS) is 9.31. The van der Waals surface area contributed by atoms with Gasteiger partial charge in [0.2, 0.25) is 0 Å². The first-order valence-electron chi connectivity index (χ1n) is 4.96. The second kappa shape index (κ2) is 7.49. The molecule has 0 fully saturated rings. The topological polar surface area (TPSA) is 46.3 Å². The van der Waals surface area contributed by atoms with Gasteiger partial charge < -0.3 is 10.6 Å². The third-order valence-electron chi connectivity index (χ3n) is 1.99. The number of hydrogen-bond donors (Lipinski definition) is 1. The Labute approximate surface area is 97.3 Å². The Morgan fingerprint density at radius 3 is 2.50 bits per heavy atom. The Morgan fingerprint density at radius 2 is 2.00 bits per heavy atom. The van der Waals surface area contributed by atoms with E-state index in [9.17, 15) is 4.79 Å². The van der Waals surface area contributed by atoms with Crippen LogP contribution in [0.3, 0.4) is 0 Å². The van der Waals surface area contributed by atoms with Crippen LogP contribution in [0.2, 0.25) is 0 Å². The summed E-state index contributed by atoms with van der Waals surface area (Å²) in [6.45, 7) is 0.771. The molecule has 0 aliphatic heterocycles. The van der Waals surface area contributed by atoms with Crippen molar-refractivity contribution in [1.29, 1.82) is 0 Å². The first-order valence-corrected chi connectivity index (χ1v) is 4.96. The predicted molar refractivity (Wildman–Crippen MR) is 68.2 cm³/mol. The van der Waals surface area contributed by atoms with Crippen molar-refractivity contribution >= 4 is 11.5 Å².